The Balaban J connectivity index is 2.29. The van der Waals surface area contributed by atoms with E-state index in [1.807, 2.05) is 13.8 Å². The lowest BCUT2D eigenvalue weighted by Gasteiger charge is -2.13. The van der Waals surface area contributed by atoms with Crippen LogP contribution in [0.2, 0.25) is 0 Å². The first kappa shape index (κ1) is 15.2. The molecule has 9 heteroatoms. The van der Waals surface area contributed by atoms with Crippen LogP contribution >= 0.6 is 11.3 Å². The van der Waals surface area contributed by atoms with Gasteiger partial charge in [-0.2, -0.15) is 0 Å². The zero-order valence-electron chi connectivity index (χ0n) is 11.6. The van der Waals surface area contributed by atoms with Gasteiger partial charge in [-0.25, -0.2) is 18.1 Å². The number of thiazole rings is 1. The largest absolute Gasteiger partial charge is 0.377 e. The Morgan fingerprint density at radius 1 is 1.55 bits per heavy atom. The predicted octanol–water partition coefficient (Wildman–Crippen LogP) is 1.14. The van der Waals surface area contributed by atoms with Crippen molar-refractivity contribution in [2.75, 3.05) is 25.5 Å². The molecule has 0 saturated heterocycles. The van der Waals surface area contributed by atoms with E-state index < -0.39 is 10.0 Å². The van der Waals surface area contributed by atoms with E-state index >= 15 is 0 Å². The van der Waals surface area contributed by atoms with Crippen LogP contribution in [-0.4, -0.2) is 44.1 Å². The van der Waals surface area contributed by atoms with Crippen molar-refractivity contribution >= 4 is 32.1 Å². The molecule has 2 rings (SSSR count). The third-order valence-corrected chi connectivity index (χ3v) is 4.92. The van der Waals surface area contributed by atoms with Crippen LogP contribution in [0.15, 0.2) is 16.6 Å². The Morgan fingerprint density at radius 3 is 2.95 bits per heavy atom. The molecule has 0 amide bonds. The minimum absolute atomic E-state index is 0.125. The average Bonchev–Trinajstić information content (AvgIpc) is 2.96. The van der Waals surface area contributed by atoms with Crippen LogP contribution in [0.4, 0.5) is 5.82 Å². The fourth-order valence-electron chi connectivity index (χ4n) is 1.82. The van der Waals surface area contributed by atoms with Crippen molar-refractivity contribution in [2.45, 2.75) is 25.0 Å². The van der Waals surface area contributed by atoms with E-state index in [4.69, 9.17) is 4.74 Å². The van der Waals surface area contributed by atoms with Gasteiger partial charge in [0.25, 0.3) is 10.0 Å². The third-order valence-electron chi connectivity index (χ3n) is 2.72. The number of imidazole rings is 1. The molecule has 0 aliphatic heterocycles. The summed E-state index contributed by atoms with van der Waals surface area (Å²) < 4.78 is 34.3. The maximum Gasteiger partial charge on any atom is 0.260 e. The number of ether oxygens (including phenoxy) is 1. The molecule has 0 aliphatic carbocycles. The second-order valence-electron chi connectivity index (χ2n) is 4.19. The van der Waals surface area contributed by atoms with Crippen LogP contribution in [-0.2, 0) is 14.8 Å². The molecule has 112 valence electrons. The highest BCUT2D eigenvalue weighted by atomic mass is 32.2. The van der Waals surface area contributed by atoms with Crippen LogP contribution in [0.5, 0.6) is 0 Å². The first-order chi connectivity index (χ1) is 9.49. The lowest BCUT2D eigenvalue weighted by atomic mass is 10.4. The molecule has 1 unspecified atom stereocenters. The van der Waals surface area contributed by atoms with Gasteiger partial charge in [0.2, 0.25) is 0 Å². The smallest absolute Gasteiger partial charge is 0.260 e. The molecule has 2 heterocycles. The van der Waals surface area contributed by atoms with Crippen LogP contribution in [0.3, 0.4) is 0 Å². The van der Waals surface area contributed by atoms with E-state index in [0.717, 1.165) is 0 Å². The minimum Gasteiger partial charge on any atom is -0.377 e. The summed E-state index contributed by atoms with van der Waals surface area (Å²) in [6.45, 7) is 4.46. The monoisotopic (exact) mass is 318 g/mol. The van der Waals surface area contributed by atoms with Gasteiger partial charge >= 0.3 is 0 Å². The first-order valence-electron chi connectivity index (χ1n) is 6.24. The fourth-order valence-corrected chi connectivity index (χ4v) is 3.99. The van der Waals surface area contributed by atoms with Gasteiger partial charge in [-0.05, 0) is 13.8 Å². The molecule has 2 aromatic rings. The zero-order chi connectivity index (χ0) is 14.8. The van der Waals surface area contributed by atoms with E-state index in [2.05, 4.69) is 15.0 Å². The van der Waals surface area contributed by atoms with Crippen molar-refractivity contribution in [3.63, 3.8) is 0 Å². The van der Waals surface area contributed by atoms with Crippen molar-refractivity contribution in [1.82, 2.24) is 14.1 Å². The molecule has 0 saturated carbocycles. The molecule has 0 bridgehead atoms. The first-order valence-corrected chi connectivity index (χ1v) is 8.60. The lowest BCUT2D eigenvalue weighted by Crippen LogP contribution is -2.33. The molecular weight excluding hydrogens is 300 g/mol. The summed E-state index contributed by atoms with van der Waals surface area (Å²) in [4.78, 5) is 4.87. The van der Waals surface area contributed by atoms with Crippen molar-refractivity contribution in [3.8, 4) is 0 Å². The molecule has 0 radical (unpaired) electrons. The van der Waals surface area contributed by atoms with Gasteiger partial charge in [-0.3, -0.25) is 4.40 Å². The third kappa shape index (κ3) is 2.95. The number of rotatable bonds is 7. The van der Waals surface area contributed by atoms with Gasteiger partial charge in [0.1, 0.15) is 0 Å². The Morgan fingerprint density at radius 2 is 2.30 bits per heavy atom. The van der Waals surface area contributed by atoms with Crippen LogP contribution < -0.4 is 10.0 Å². The highest BCUT2D eigenvalue weighted by Crippen LogP contribution is 2.25. The summed E-state index contributed by atoms with van der Waals surface area (Å²) in [6, 6.07) is 0. The number of nitrogens with one attached hydrogen (secondary N) is 2. The minimum atomic E-state index is -3.65. The molecule has 0 spiro atoms. The summed E-state index contributed by atoms with van der Waals surface area (Å²) in [5.41, 5.74) is 0. The van der Waals surface area contributed by atoms with E-state index in [1.165, 1.54) is 11.3 Å². The molecule has 0 aromatic carbocycles. The van der Waals surface area contributed by atoms with Gasteiger partial charge in [0, 0.05) is 31.8 Å². The van der Waals surface area contributed by atoms with Gasteiger partial charge in [-0.15, -0.1) is 11.3 Å². The number of sulfonamides is 1. The summed E-state index contributed by atoms with van der Waals surface area (Å²) in [5, 5.41) is 4.73. The Kier molecular flexibility index (Phi) is 4.63. The number of fused-ring (bicyclic) bond motifs is 1. The highest BCUT2D eigenvalue weighted by Gasteiger charge is 2.25. The maximum atomic E-state index is 12.4. The molecular formula is C11H18N4O3S2. The molecule has 0 fully saturated rings. The average molecular weight is 318 g/mol. The lowest BCUT2D eigenvalue weighted by molar-refractivity contribution is 0.0799. The van der Waals surface area contributed by atoms with Crippen LogP contribution in [0, 0.1) is 0 Å². The topological polar surface area (TPSA) is 84.7 Å². The van der Waals surface area contributed by atoms with Gasteiger partial charge in [0.05, 0.1) is 6.10 Å². The van der Waals surface area contributed by atoms with Crippen molar-refractivity contribution in [3.05, 3.63) is 11.6 Å². The second-order valence-corrected chi connectivity index (χ2v) is 6.74. The van der Waals surface area contributed by atoms with Crippen LogP contribution in [0.1, 0.15) is 13.8 Å². The highest BCUT2D eigenvalue weighted by molar-refractivity contribution is 7.89. The normalized spacial score (nSPS) is 13.8. The molecule has 2 N–H and O–H groups in total. The summed E-state index contributed by atoms with van der Waals surface area (Å²) in [5.74, 6) is 0.341. The van der Waals surface area contributed by atoms with E-state index in [0.29, 0.717) is 17.4 Å². The summed E-state index contributed by atoms with van der Waals surface area (Å²) >= 11 is 1.38. The standard InChI is InChI=1S/C11H18N4O3S2/c1-4-18-8(2)7-13-20(16,17)10-9(12-3)14-11-15(10)5-6-19-11/h5-6,8,12-13H,4,7H2,1-3H3. The molecule has 1 atom stereocenters. The van der Waals surface area contributed by atoms with Crippen molar-refractivity contribution in [2.24, 2.45) is 0 Å². The van der Waals surface area contributed by atoms with Crippen LogP contribution in [0.25, 0.3) is 4.96 Å². The quantitative estimate of drug-likeness (QED) is 0.800. The number of anilines is 1. The Bertz CT molecular complexity index is 677. The van der Waals surface area contributed by atoms with Crippen molar-refractivity contribution in [1.29, 1.82) is 0 Å². The SMILES string of the molecule is CCOC(C)CNS(=O)(=O)c1c(NC)nc2sccn12. The molecule has 7 nitrogen and oxygen atoms in total. The number of hydrogen-bond acceptors (Lipinski definition) is 6. The van der Waals surface area contributed by atoms with Gasteiger partial charge < -0.3 is 10.1 Å². The Labute approximate surface area is 122 Å². The number of nitrogens with zero attached hydrogens (tertiary/aromatic N) is 2. The van der Waals surface area contributed by atoms with E-state index in [-0.39, 0.29) is 17.7 Å². The second kappa shape index (κ2) is 6.08. The number of aromatic nitrogens is 2. The summed E-state index contributed by atoms with van der Waals surface area (Å²) in [7, 11) is -2.01. The maximum absolute atomic E-state index is 12.4. The van der Waals surface area contributed by atoms with Gasteiger partial charge in [0.15, 0.2) is 15.8 Å². The summed E-state index contributed by atoms with van der Waals surface area (Å²) in [6.07, 6.45) is 1.51. The van der Waals surface area contributed by atoms with E-state index in [9.17, 15) is 8.42 Å². The Hall–Kier alpha value is -1.16. The zero-order valence-corrected chi connectivity index (χ0v) is 13.2. The predicted molar refractivity (Wildman–Crippen MR) is 78.9 cm³/mol. The fraction of sp³-hybridized carbons (Fsp3) is 0.545. The molecule has 0 aliphatic rings. The molecule has 20 heavy (non-hydrogen) atoms. The molecule has 2 aromatic heterocycles. The van der Waals surface area contributed by atoms with E-state index in [1.54, 1.807) is 23.0 Å². The van der Waals surface area contributed by atoms with Crippen molar-refractivity contribution < 1.29 is 13.2 Å². The van der Waals surface area contributed by atoms with Gasteiger partial charge in [-0.1, -0.05) is 0 Å². The number of hydrogen-bond donors (Lipinski definition) is 2.